The fourth-order valence-corrected chi connectivity index (χ4v) is 2.43. The highest BCUT2D eigenvalue weighted by Crippen LogP contribution is 2.34. The van der Waals surface area contributed by atoms with Crippen LogP contribution in [0, 0.1) is 0 Å². The quantitative estimate of drug-likeness (QED) is 0.532. The maximum absolute atomic E-state index is 12.5. The van der Waals surface area contributed by atoms with Gasteiger partial charge < -0.3 is 0 Å². The zero-order chi connectivity index (χ0) is 14.3. The Balaban J connectivity index is 2.34. The lowest BCUT2D eigenvalue weighted by molar-refractivity contribution is 0.0979. The Morgan fingerprint density at radius 1 is 0.700 bits per heavy atom. The van der Waals surface area contributed by atoms with Crippen LogP contribution in [0.3, 0.4) is 0 Å². The molecule has 0 atom stereocenters. The first-order chi connectivity index (χ1) is 9.69. The highest BCUT2D eigenvalue weighted by Gasteiger charge is 2.33. The molecule has 0 aliphatic heterocycles. The number of nitrogens with one attached hydrogen (secondary N) is 2. The van der Waals surface area contributed by atoms with Crippen molar-refractivity contribution in [2.24, 2.45) is 0 Å². The molecule has 1 aliphatic rings. The third-order valence-electron chi connectivity index (χ3n) is 3.31. The third-order valence-corrected chi connectivity index (χ3v) is 3.31. The van der Waals surface area contributed by atoms with Crippen LogP contribution in [0.2, 0.25) is 0 Å². The summed E-state index contributed by atoms with van der Waals surface area (Å²) in [6.45, 7) is 0. The number of rotatable bonds is 2. The summed E-state index contributed by atoms with van der Waals surface area (Å²) in [7, 11) is 0. The van der Waals surface area contributed by atoms with E-state index in [2.05, 4.69) is 0 Å². The molecule has 0 radical (unpaired) electrons. The Morgan fingerprint density at radius 3 is 1.45 bits per heavy atom. The van der Waals surface area contributed by atoms with Gasteiger partial charge in [0, 0.05) is 11.1 Å². The van der Waals surface area contributed by atoms with Gasteiger partial charge in [0.2, 0.25) is 0 Å². The van der Waals surface area contributed by atoms with Gasteiger partial charge in [0.25, 0.3) is 0 Å². The summed E-state index contributed by atoms with van der Waals surface area (Å²) in [6.07, 6.45) is 0. The molecular weight excluding hydrogens is 260 g/mol. The molecule has 1 aliphatic carbocycles. The standard InChI is InChI=1S/C14H10N2O4/c17-13-7-3-1-5-9(15-19)11(7)14(18)8-4-2-6-10(16-20)12(8)13/h1-6,15-16,19-20H. The van der Waals surface area contributed by atoms with Gasteiger partial charge in [0.15, 0.2) is 11.6 Å². The Bertz CT molecular complexity index is 676. The molecule has 0 saturated heterocycles. The minimum Gasteiger partial charge on any atom is -0.291 e. The van der Waals surface area contributed by atoms with Crippen molar-refractivity contribution in [1.29, 1.82) is 0 Å². The van der Waals surface area contributed by atoms with Gasteiger partial charge in [-0.3, -0.25) is 31.0 Å². The van der Waals surface area contributed by atoms with Crippen molar-refractivity contribution >= 4 is 22.9 Å². The fourth-order valence-electron chi connectivity index (χ4n) is 2.43. The van der Waals surface area contributed by atoms with Gasteiger partial charge in [-0.1, -0.05) is 24.3 Å². The van der Waals surface area contributed by atoms with Crippen LogP contribution < -0.4 is 11.0 Å². The van der Waals surface area contributed by atoms with Crippen molar-refractivity contribution in [2.75, 3.05) is 11.0 Å². The lowest BCUT2D eigenvalue weighted by Gasteiger charge is -2.21. The van der Waals surface area contributed by atoms with Crippen molar-refractivity contribution < 1.29 is 20.0 Å². The molecule has 0 fully saturated rings. The predicted molar refractivity (Wildman–Crippen MR) is 70.6 cm³/mol. The highest BCUT2D eigenvalue weighted by molar-refractivity contribution is 6.31. The summed E-state index contributed by atoms with van der Waals surface area (Å²) in [5.74, 6) is -0.771. The molecular formula is C14H10N2O4. The molecule has 4 N–H and O–H groups in total. The van der Waals surface area contributed by atoms with Crippen LogP contribution in [0.15, 0.2) is 36.4 Å². The molecule has 3 rings (SSSR count). The van der Waals surface area contributed by atoms with Crippen LogP contribution in [0.5, 0.6) is 0 Å². The maximum Gasteiger partial charge on any atom is 0.196 e. The van der Waals surface area contributed by atoms with E-state index in [0.29, 0.717) is 0 Å². The van der Waals surface area contributed by atoms with Gasteiger partial charge in [0.1, 0.15) is 0 Å². The van der Waals surface area contributed by atoms with Crippen molar-refractivity contribution in [2.45, 2.75) is 0 Å². The van der Waals surface area contributed by atoms with E-state index in [1.807, 2.05) is 11.0 Å². The van der Waals surface area contributed by atoms with E-state index in [9.17, 15) is 9.59 Å². The Hall–Kier alpha value is -2.70. The molecule has 0 aromatic heterocycles. The van der Waals surface area contributed by atoms with E-state index in [1.165, 1.54) is 24.3 Å². The Labute approximate surface area is 113 Å². The van der Waals surface area contributed by atoms with Gasteiger partial charge in [-0.25, -0.2) is 0 Å². The molecule has 2 aromatic carbocycles. The van der Waals surface area contributed by atoms with E-state index in [0.717, 1.165) is 0 Å². The van der Waals surface area contributed by atoms with E-state index < -0.39 is 0 Å². The number of hydrogen-bond acceptors (Lipinski definition) is 6. The number of benzene rings is 2. The molecule has 0 unspecified atom stereocenters. The molecule has 6 heteroatoms. The minimum atomic E-state index is -0.385. The summed E-state index contributed by atoms with van der Waals surface area (Å²) in [6, 6.07) is 9.14. The van der Waals surface area contributed by atoms with E-state index in [1.54, 1.807) is 12.1 Å². The summed E-state index contributed by atoms with van der Waals surface area (Å²) >= 11 is 0. The monoisotopic (exact) mass is 270 g/mol. The number of carbonyl (C=O) groups excluding carboxylic acids is 2. The van der Waals surface area contributed by atoms with E-state index in [-0.39, 0.29) is 45.2 Å². The van der Waals surface area contributed by atoms with Crippen molar-refractivity contribution in [3.63, 3.8) is 0 Å². The second-order valence-electron chi connectivity index (χ2n) is 4.34. The molecule has 20 heavy (non-hydrogen) atoms. The summed E-state index contributed by atoms with van der Waals surface area (Å²) < 4.78 is 0. The first-order valence-electron chi connectivity index (χ1n) is 5.84. The van der Waals surface area contributed by atoms with Gasteiger partial charge in [-0.15, -0.1) is 0 Å². The normalized spacial score (nSPS) is 12.7. The molecule has 100 valence electrons. The SMILES string of the molecule is O=C1c2cccc(NO)c2C(=O)c2cccc(NO)c21. The van der Waals surface area contributed by atoms with E-state index in [4.69, 9.17) is 10.4 Å². The maximum atomic E-state index is 12.5. The van der Waals surface area contributed by atoms with Gasteiger partial charge in [-0.2, -0.15) is 0 Å². The average molecular weight is 270 g/mol. The van der Waals surface area contributed by atoms with Gasteiger partial charge in [-0.05, 0) is 12.1 Å². The molecule has 2 aromatic rings. The van der Waals surface area contributed by atoms with Crippen LogP contribution in [0.25, 0.3) is 0 Å². The third kappa shape index (κ3) is 1.52. The Morgan fingerprint density at radius 2 is 1.10 bits per heavy atom. The van der Waals surface area contributed by atoms with Crippen LogP contribution in [-0.2, 0) is 0 Å². The smallest absolute Gasteiger partial charge is 0.196 e. The topological polar surface area (TPSA) is 98.7 Å². The average Bonchev–Trinajstić information content (AvgIpc) is 2.50. The lowest BCUT2D eigenvalue weighted by Crippen LogP contribution is -2.23. The molecule has 6 nitrogen and oxygen atoms in total. The second-order valence-corrected chi connectivity index (χ2v) is 4.34. The summed E-state index contributed by atoms with van der Waals surface area (Å²) in [4.78, 5) is 25.0. The molecule has 0 heterocycles. The second kappa shape index (κ2) is 4.44. The number of hydrogen-bond donors (Lipinski definition) is 4. The van der Waals surface area contributed by atoms with Crippen LogP contribution in [-0.4, -0.2) is 22.0 Å². The van der Waals surface area contributed by atoms with E-state index >= 15 is 0 Å². The molecule has 0 spiro atoms. The molecule has 0 saturated carbocycles. The van der Waals surface area contributed by atoms with Crippen LogP contribution >= 0.6 is 0 Å². The lowest BCUT2D eigenvalue weighted by atomic mass is 9.82. The number of fused-ring (bicyclic) bond motifs is 2. The first kappa shape index (κ1) is 12.3. The highest BCUT2D eigenvalue weighted by atomic mass is 16.5. The van der Waals surface area contributed by atoms with Gasteiger partial charge in [0.05, 0.1) is 22.5 Å². The zero-order valence-corrected chi connectivity index (χ0v) is 10.2. The fraction of sp³-hybridized carbons (Fsp3) is 0. The Kier molecular flexibility index (Phi) is 2.74. The minimum absolute atomic E-state index is 0.127. The number of anilines is 2. The summed E-state index contributed by atoms with van der Waals surface area (Å²) in [5, 5.41) is 18.2. The van der Waals surface area contributed by atoms with Gasteiger partial charge >= 0.3 is 0 Å². The number of carbonyl (C=O) groups is 2. The summed E-state index contributed by atoms with van der Waals surface area (Å²) in [5.41, 5.74) is 4.83. The largest absolute Gasteiger partial charge is 0.291 e. The molecule has 0 amide bonds. The predicted octanol–water partition coefficient (Wildman–Crippen LogP) is 2.06. The number of ketones is 2. The first-order valence-corrected chi connectivity index (χ1v) is 5.84. The van der Waals surface area contributed by atoms with Crippen molar-refractivity contribution in [3.8, 4) is 0 Å². The van der Waals surface area contributed by atoms with Crippen molar-refractivity contribution in [1.82, 2.24) is 0 Å². The van der Waals surface area contributed by atoms with Crippen LogP contribution in [0.4, 0.5) is 11.4 Å². The van der Waals surface area contributed by atoms with Crippen molar-refractivity contribution in [3.05, 3.63) is 58.7 Å². The zero-order valence-electron chi connectivity index (χ0n) is 10.2. The molecule has 0 bridgehead atoms. The van der Waals surface area contributed by atoms with Crippen LogP contribution in [0.1, 0.15) is 31.8 Å².